The summed E-state index contributed by atoms with van der Waals surface area (Å²) in [6.07, 6.45) is 0.361. The third kappa shape index (κ3) is 4.58. The fourth-order valence-electron chi connectivity index (χ4n) is 3.37. The number of para-hydroxylation sites is 1. The van der Waals surface area contributed by atoms with E-state index in [2.05, 4.69) is 5.32 Å². The molecule has 3 aromatic rings. The SMILES string of the molecule is COc1ccccc1-c1c(OC)ccc(CCO)c1C(=O)NCc1ccccc1. The second-order valence-corrected chi connectivity index (χ2v) is 6.52. The molecular formula is C24H25NO4. The first-order valence-corrected chi connectivity index (χ1v) is 9.45. The Morgan fingerprint density at radius 3 is 2.28 bits per heavy atom. The van der Waals surface area contributed by atoms with Gasteiger partial charge < -0.3 is 19.9 Å². The van der Waals surface area contributed by atoms with Crippen molar-refractivity contribution in [3.8, 4) is 22.6 Å². The maximum atomic E-state index is 13.3. The van der Waals surface area contributed by atoms with Gasteiger partial charge >= 0.3 is 0 Å². The van der Waals surface area contributed by atoms with Crippen LogP contribution < -0.4 is 14.8 Å². The Bertz CT molecular complexity index is 970. The molecule has 0 aliphatic heterocycles. The third-order valence-electron chi connectivity index (χ3n) is 4.75. The fraction of sp³-hybridized carbons (Fsp3) is 0.208. The largest absolute Gasteiger partial charge is 0.496 e. The van der Waals surface area contributed by atoms with Crippen LogP contribution in [0.5, 0.6) is 11.5 Å². The van der Waals surface area contributed by atoms with Gasteiger partial charge in [-0.3, -0.25) is 4.79 Å². The summed E-state index contributed by atoms with van der Waals surface area (Å²) in [5.41, 5.74) is 3.66. The standard InChI is InChI=1S/C24H25NO4/c1-28-20-11-7-6-10-19(20)23-21(29-2)13-12-18(14-15-26)22(23)24(27)25-16-17-8-4-3-5-9-17/h3-13,26H,14-16H2,1-2H3,(H,25,27). The summed E-state index contributed by atoms with van der Waals surface area (Å²) in [6.45, 7) is 0.345. The number of aliphatic hydroxyl groups is 1. The van der Waals surface area contributed by atoms with Gasteiger partial charge in [0.25, 0.3) is 5.91 Å². The van der Waals surface area contributed by atoms with Crippen LogP contribution in [0.4, 0.5) is 0 Å². The normalized spacial score (nSPS) is 10.4. The van der Waals surface area contributed by atoms with Crippen molar-refractivity contribution < 1.29 is 19.4 Å². The highest BCUT2D eigenvalue weighted by atomic mass is 16.5. The quantitative estimate of drug-likeness (QED) is 0.612. The number of rotatable bonds is 8. The molecule has 1 amide bonds. The van der Waals surface area contributed by atoms with Crippen LogP contribution in [0.25, 0.3) is 11.1 Å². The smallest absolute Gasteiger partial charge is 0.252 e. The van der Waals surface area contributed by atoms with Crippen molar-refractivity contribution in [3.05, 3.63) is 83.4 Å². The van der Waals surface area contributed by atoms with Crippen LogP contribution in [0.15, 0.2) is 66.7 Å². The molecule has 0 aliphatic carbocycles. The fourth-order valence-corrected chi connectivity index (χ4v) is 3.37. The molecule has 3 aromatic carbocycles. The van der Waals surface area contributed by atoms with Gasteiger partial charge in [0, 0.05) is 24.3 Å². The van der Waals surface area contributed by atoms with Gasteiger partial charge in [-0.1, -0.05) is 54.6 Å². The summed E-state index contributed by atoms with van der Waals surface area (Å²) in [5, 5.41) is 12.5. The van der Waals surface area contributed by atoms with E-state index in [4.69, 9.17) is 9.47 Å². The van der Waals surface area contributed by atoms with Crippen LogP contribution in [0.1, 0.15) is 21.5 Å². The van der Waals surface area contributed by atoms with E-state index in [0.717, 1.165) is 16.7 Å². The molecule has 0 aliphatic rings. The lowest BCUT2D eigenvalue weighted by Gasteiger charge is -2.19. The minimum absolute atomic E-state index is 0.0589. The molecule has 0 unspecified atom stereocenters. The van der Waals surface area contributed by atoms with Crippen LogP contribution in [0.3, 0.4) is 0 Å². The second kappa shape index (κ2) is 9.75. The minimum Gasteiger partial charge on any atom is -0.496 e. The van der Waals surface area contributed by atoms with Gasteiger partial charge in [-0.15, -0.1) is 0 Å². The highest BCUT2D eigenvalue weighted by Crippen LogP contribution is 2.40. The average Bonchev–Trinajstić information content (AvgIpc) is 2.78. The Morgan fingerprint density at radius 1 is 0.897 bits per heavy atom. The highest BCUT2D eigenvalue weighted by molar-refractivity contribution is 6.04. The van der Waals surface area contributed by atoms with Crippen molar-refractivity contribution >= 4 is 5.91 Å². The lowest BCUT2D eigenvalue weighted by molar-refractivity contribution is 0.0950. The maximum Gasteiger partial charge on any atom is 0.252 e. The van der Waals surface area contributed by atoms with E-state index >= 15 is 0 Å². The molecule has 0 saturated heterocycles. The summed E-state index contributed by atoms with van der Waals surface area (Å²) in [5.74, 6) is 0.988. The number of nitrogens with one attached hydrogen (secondary N) is 1. The van der Waals surface area contributed by atoms with Crippen LogP contribution in [-0.2, 0) is 13.0 Å². The van der Waals surface area contributed by atoms with Gasteiger partial charge in [-0.25, -0.2) is 0 Å². The summed E-state index contributed by atoms with van der Waals surface area (Å²) in [6, 6.07) is 20.9. The molecule has 150 valence electrons. The molecule has 0 fully saturated rings. The minimum atomic E-state index is -0.225. The summed E-state index contributed by atoms with van der Waals surface area (Å²) in [7, 11) is 3.17. The summed E-state index contributed by atoms with van der Waals surface area (Å²) < 4.78 is 11.1. The maximum absolute atomic E-state index is 13.3. The summed E-state index contributed by atoms with van der Waals surface area (Å²) in [4.78, 5) is 13.3. The molecule has 2 N–H and O–H groups in total. The summed E-state index contributed by atoms with van der Waals surface area (Å²) >= 11 is 0. The Morgan fingerprint density at radius 2 is 1.59 bits per heavy atom. The predicted octanol–water partition coefficient (Wildman–Crippen LogP) is 3.84. The van der Waals surface area contributed by atoms with E-state index in [9.17, 15) is 9.90 Å². The molecule has 5 nitrogen and oxygen atoms in total. The molecule has 0 spiro atoms. The predicted molar refractivity (Wildman–Crippen MR) is 113 cm³/mol. The Labute approximate surface area is 170 Å². The van der Waals surface area contributed by atoms with Crippen molar-refractivity contribution in [2.24, 2.45) is 0 Å². The van der Waals surface area contributed by atoms with Crippen LogP contribution in [-0.4, -0.2) is 31.8 Å². The lowest BCUT2D eigenvalue weighted by Crippen LogP contribution is -2.25. The monoisotopic (exact) mass is 391 g/mol. The molecule has 5 heteroatoms. The van der Waals surface area contributed by atoms with Gasteiger partial charge in [0.15, 0.2) is 0 Å². The molecule has 0 atom stereocenters. The molecule has 0 radical (unpaired) electrons. The number of amides is 1. The number of carbonyl (C=O) groups excluding carboxylic acids is 1. The van der Waals surface area contributed by atoms with E-state index in [-0.39, 0.29) is 12.5 Å². The number of benzene rings is 3. The molecule has 29 heavy (non-hydrogen) atoms. The number of methoxy groups -OCH3 is 2. The molecule has 3 rings (SSSR count). The Balaban J connectivity index is 2.10. The van der Waals surface area contributed by atoms with Crippen molar-refractivity contribution in [1.82, 2.24) is 5.32 Å². The number of aliphatic hydroxyl groups excluding tert-OH is 1. The van der Waals surface area contributed by atoms with E-state index in [1.165, 1.54) is 0 Å². The lowest BCUT2D eigenvalue weighted by atomic mass is 9.91. The van der Waals surface area contributed by atoms with Gasteiger partial charge in [0.2, 0.25) is 0 Å². The van der Waals surface area contributed by atoms with Crippen molar-refractivity contribution in [2.75, 3.05) is 20.8 Å². The number of carbonyl (C=O) groups is 1. The van der Waals surface area contributed by atoms with E-state index in [1.807, 2.05) is 66.7 Å². The number of ether oxygens (including phenoxy) is 2. The first-order chi connectivity index (χ1) is 14.2. The first kappa shape index (κ1) is 20.4. The van der Waals surface area contributed by atoms with Gasteiger partial charge in [-0.2, -0.15) is 0 Å². The molecular weight excluding hydrogens is 366 g/mol. The average molecular weight is 391 g/mol. The van der Waals surface area contributed by atoms with Crippen LogP contribution in [0.2, 0.25) is 0 Å². The van der Waals surface area contributed by atoms with Crippen molar-refractivity contribution in [3.63, 3.8) is 0 Å². The van der Waals surface area contributed by atoms with Crippen molar-refractivity contribution in [1.29, 1.82) is 0 Å². The Hall–Kier alpha value is -3.31. The van der Waals surface area contributed by atoms with Crippen LogP contribution >= 0.6 is 0 Å². The molecule has 0 aromatic heterocycles. The van der Waals surface area contributed by atoms with E-state index < -0.39 is 0 Å². The zero-order valence-corrected chi connectivity index (χ0v) is 16.6. The molecule has 0 saturated carbocycles. The number of hydrogen-bond acceptors (Lipinski definition) is 4. The van der Waals surface area contributed by atoms with Gasteiger partial charge in [0.1, 0.15) is 11.5 Å². The van der Waals surface area contributed by atoms with Gasteiger partial charge in [0.05, 0.1) is 19.8 Å². The molecule has 0 bridgehead atoms. The van der Waals surface area contributed by atoms with E-state index in [0.29, 0.717) is 35.6 Å². The topological polar surface area (TPSA) is 67.8 Å². The number of hydrogen-bond donors (Lipinski definition) is 2. The van der Waals surface area contributed by atoms with Gasteiger partial charge in [-0.05, 0) is 29.7 Å². The second-order valence-electron chi connectivity index (χ2n) is 6.52. The molecule has 0 heterocycles. The zero-order chi connectivity index (χ0) is 20.6. The first-order valence-electron chi connectivity index (χ1n) is 9.45. The van der Waals surface area contributed by atoms with Crippen LogP contribution in [0, 0.1) is 0 Å². The zero-order valence-electron chi connectivity index (χ0n) is 16.6. The van der Waals surface area contributed by atoms with E-state index in [1.54, 1.807) is 14.2 Å². The third-order valence-corrected chi connectivity index (χ3v) is 4.75. The Kier molecular flexibility index (Phi) is 6.87. The van der Waals surface area contributed by atoms with Crippen molar-refractivity contribution in [2.45, 2.75) is 13.0 Å². The highest BCUT2D eigenvalue weighted by Gasteiger charge is 2.23.